The molecule has 0 fully saturated rings. The molecule has 0 saturated heterocycles. The van der Waals surface area contributed by atoms with Crippen LogP contribution in [0.15, 0.2) is 30.5 Å². The molecule has 5 nitrogen and oxygen atoms in total. The monoisotopic (exact) mass is 245 g/mol. The van der Waals surface area contributed by atoms with Crippen molar-refractivity contribution in [2.45, 2.75) is 0 Å². The van der Waals surface area contributed by atoms with Crippen molar-refractivity contribution in [2.24, 2.45) is 0 Å². The summed E-state index contributed by atoms with van der Waals surface area (Å²) in [6, 6.07) is 7.81. The average molecular weight is 245 g/mol. The van der Waals surface area contributed by atoms with Crippen LogP contribution < -0.4 is 10.2 Å². The minimum Gasteiger partial charge on any atom is -0.480 e. The van der Waals surface area contributed by atoms with E-state index in [1.165, 1.54) is 0 Å². The molecule has 2 rings (SSSR count). The van der Waals surface area contributed by atoms with Gasteiger partial charge in [-0.3, -0.25) is 4.79 Å². The maximum Gasteiger partial charge on any atom is 0.323 e. The number of hydrogen-bond acceptors (Lipinski definition) is 4. The summed E-state index contributed by atoms with van der Waals surface area (Å²) in [6.07, 6.45) is 1.69. The van der Waals surface area contributed by atoms with E-state index < -0.39 is 5.97 Å². The molecule has 0 saturated carbocycles. The number of likely N-dealkylation sites (N-methyl/N-ethyl adjacent to an activating group) is 1. The highest BCUT2D eigenvalue weighted by molar-refractivity contribution is 5.94. The number of anilines is 2. The largest absolute Gasteiger partial charge is 0.480 e. The zero-order chi connectivity index (χ0) is 13.1. The summed E-state index contributed by atoms with van der Waals surface area (Å²) in [7, 11) is 3.59. The first kappa shape index (κ1) is 12.2. The fourth-order valence-corrected chi connectivity index (χ4v) is 1.90. The molecule has 0 aliphatic carbocycles. The number of carbonyl (C=O) groups is 1. The SMILES string of the molecule is CNc1ccc2c(N(C)CC(=O)O)nccc2c1. The lowest BCUT2D eigenvalue weighted by molar-refractivity contribution is -0.135. The second-order valence-electron chi connectivity index (χ2n) is 4.07. The van der Waals surface area contributed by atoms with Crippen molar-refractivity contribution < 1.29 is 9.90 Å². The molecular weight excluding hydrogens is 230 g/mol. The van der Waals surface area contributed by atoms with E-state index in [4.69, 9.17) is 5.11 Å². The lowest BCUT2D eigenvalue weighted by Gasteiger charge is -2.17. The minimum atomic E-state index is -0.872. The van der Waals surface area contributed by atoms with Gasteiger partial charge in [-0.05, 0) is 29.7 Å². The summed E-state index contributed by atoms with van der Waals surface area (Å²) in [6.45, 7) is -0.0696. The van der Waals surface area contributed by atoms with Gasteiger partial charge in [-0.25, -0.2) is 4.98 Å². The molecule has 0 spiro atoms. The Morgan fingerprint density at radius 2 is 2.22 bits per heavy atom. The van der Waals surface area contributed by atoms with Gasteiger partial charge in [0.15, 0.2) is 0 Å². The van der Waals surface area contributed by atoms with Crippen molar-refractivity contribution in [1.29, 1.82) is 0 Å². The van der Waals surface area contributed by atoms with E-state index in [1.54, 1.807) is 18.1 Å². The maximum absolute atomic E-state index is 10.7. The Labute approximate surface area is 105 Å². The molecule has 0 radical (unpaired) electrons. The van der Waals surface area contributed by atoms with Gasteiger partial charge in [0.05, 0.1) is 0 Å². The fourth-order valence-electron chi connectivity index (χ4n) is 1.90. The van der Waals surface area contributed by atoms with Crippen molar-refractivity contribution in [3.05, 3.63) is 30.5 Å². The summed E-state index contributed by atoms with van der Waals surface area (Å²) < 4.78 is 0. The van der Waals surface area contributed by atoms with E-state index in [0.29, 0.717) is 5.82 Å². The van der Waals surface area contributed by atoms with Gasteiger partial charge in [0, 0.05) is 31.4 Å². The van der Waals surface area contributed by atoms with Crippen LogP contribution in [0.25, 0.3) is 10.8 Å². The fraction of sp³-hybridized carbons (Fsp3) is 0.231. The third-order valence-corrected chi connectivity index (χ3v) is 2.77. The Kier molecular flexibility index (Phi) is 3.32. The molecule has 0 aliphatic heterocycles. The molecule has 0 atom stereocenters. The number of nitrogens with one attached hydrogen (secondary N) is 1. The standard InChI is InChI=1S/C13H15N3O2/c1-14-10-3-4-11-9(7-10)5-6-15-13(11)16(2)8-12(17)18/h3-7,14H,8H2,1-2H3,(H,17,18). The molecule has 94 valence electrons. The molecule has 18 heavy (non-hydrogen) atoms. The number of rotatable bonds is 4. The molecule has 0 unspecified atom stereocenters. The lowest BCUT2D eigenvalue weighted by atomic mass is 10.1. The molecular formula is C13H15N3O2. The van der Waals surface area contributed by atoms with E-state index in [-0.39, 0.29) is 6.54 Å². The Bertz CT molecular complexity index is 583. The third-order valence-electron chi connectivity index (χ3n) is 2.77. The summed E-state index contributed by atoms with van der Waals surface area (Å²) in [5.74, 6) is -0.194. The van der Waals surface area contributed by atoms with Crippen LogP contribution >= 0.6 is 0 Å². The Morgan fingerprint density at radius 3 is 2.89 bits per heavy atom. The zero-order valence-electron chi connectivity index (χ0n) is 10.3. The summed E-state index contributed by atoms with van der Waals surface area (Å²) >= 11 is 0. The second-order valence-corrected chi connectivity index (χ2v) is 4.07. The molecule has 2 N–H and O–H groups in total. The van der Waals surface area contributed by atoms with E-state index in [9.17, 15) is 4.79 Å². The molecule has 0 bridgehead atoms. The van der Waals surface area contributed by atoms with E-state index in [2.05, 4.69) is 10.3 Å². The van der Waals surface area contributed by atoms with Gasteiger partial charge >= 0.3 is 5.97 Å². The van der Waals surface area contributed by atoms with Crippen LogP contribution in [-0.4, -0.2) is 36.7 Å². The van der Waals surface area contributed by atoms with Gasteiger partial charge in [-0.2, -0.15) is 0 Å². The highest BCUT2D eigenvalue weighted by Gasteiger charge is 2.10. The van der Waals surface area contributed by atoms with E-state index in [0.717, 1.165) is 16.5 Å². The molecule has 0 aliphatic rings. The van der Waals surface area contributed by atoms with Gasteiger partial charge < -0.3 is 15.3 Å². The van der Waals surface area contributed by atoms with Crippen LogP contribution in [0.5, 0.6) is 0 Å². The second kappa shape index (κ2) is 4.91. The molecule has 5 heteroatoms. The van der Waals surface area contributed by atoms with Crippen molar-refractivity contribution >= 4 is 28.2 Å². The summed E-state index contributed by atoms with van der Waals surface area (Å²) in [5, 5.41) is 13.9. The van der Waals surface area contributed by atoms with Crippen molar-refractivity contribution in [3.63, 3.8) is 0 Å². The van der Waals surface area contributed by atoms with Gasteiger partial charge in [0.1, 0.15) is 12.4 Å². The quantitative estimate of drug-likeness (QED) is 0.859. The predicted octanol–water partition coefficient (Wildman–Crippen LogP) is 1.80. The Hall–Kier alpha value is -2.30. The van der Waals surface area contributed by atoms with Crippen molar-refractivity contribution in [3.8, 4) is 0 Å². The highest BCUT2D eigenvalue weighted by atomic mass is 16.4. The molecule has 0 amide bonds. The average Bonchev–Trinajstić information content (AvgIpc) is 2.36. The van der Waals surface area contributed by atoms with Crippen molar-refractivity contribution in [2.75, 3.05) is 30.9 Å². The minimum absolute atomic E-state index is 0.0696. The first-order valence-corrected chi connectivity index (χ1v) is 5.61. The summed E-state index contributed by atoms with van der Waals surface area (Å²) in [5.41, 5.74) is 1.01. The van der Waals surface area contributed by atoms with Crippen LogP contribution in [0.2, 0.25) is 0 Å². The smallest absolute Gasteiger partial charge is 0.323 e. The maximum atomic E-state index is 10.7. The highest BCUT2D eigenvalue weighted by Crippen LogP contribution is 2.25. The molecule has 1 heterocycles. The predicted molar refractivity (Wildman–Crippen MR) is 72.2 cm³/mol. The Morgan fingerprint density at radius 1 is 1.44 bits per heavy atom. The number of carboxylic acids is 1. The first-order valence-electron chi connectivity index (χ1n) is 5.61. The van der Waals surface area contributed by atoms with Crippen LogP contribution in [-0.2, 0) is 4.79 Å². The van der Waals surface area contributed by atoms with E-state index >= 15 is 0 Å². The van der Waals surface area contributed by atoms with Crippen LogP contribution in [0.3, 0.4) is 0 Å². The van der Waals surface area contributed by atoms with Crippen LogP contribution in [0.1, 0.15) is 0 Å². The topological polar surface area (TPSA) is 65.5 Å². The Balaban J connectivity index is 2.48. The van der Waals surface area contributed by atoms with Gasteiger partial charge in [0.25, 0.3) is 0 Å². The van der Waals surface area contributed by atoms with Gasteiger partial charge in [-0.1, -0.05) is 0 Å². The van der Waals surface area contributed by atoms with Crippen LogP contribution in [0.4, 0.5) is 11.5 Å². The third kappa shape index (κ3) is 2.34. The van der Waals surface area contributed by atoms with Crippen LogP contribution in [0, 0.1) is 0 Å². The number of aliphatic carboxylic acids is 1. The van der Waals surface area contributed by atoms with Gasteiger partial charge in [0.2, 0.25) is 0 Å². The molecule has 2 aromatic rings. The lowest BCUT2D eigenvalue weighted by Crippen LogP contribution is -2.26. The molecule has 1 aromatic carbocycles. The van der Waals surface area contributed by atoms with Crippen molar-refractivity contribution in [1.82, 2.24) is 4.98 Å². The number of carboxylic acid groups (broad SMARTS) is 1. The first-order chi connectivity index (χ1) is 8.61. The number of pyridine rings is 1. The number of hydrogen-bond donors (Lipinski definition) is 2. The number of aromatic nitrogens is 1. The normalized spacial score (nSPS) is 10.3. The number of fused-ring (bicyclic) bond motifs is 1. The van der Waals surface area contributed by atoms with Gasteiger partial charge in [-0.15, -0.1) is 0 Å². The summed E-state index contributed by atoms with van der Waals surface area (Å²) in [4.78, 5) is 16.6. The number of nitrogens with zero attached hydrogens (tertiary/aromatic N) is 2. The van der Waals surface area contributed by atoms with E-state index in [1.807, 2.05) is 31.3 Å². The molecule has 1 aromatic heterocycles. The zero-order valence-corrected chi connectivity index (χ0v) is 10.3. The number of benzene rings is 1.